The summed E-state index contributed by atoms with van der Waals surface area (Å²) in [5.41, 5.74) is 3.00. The van der Waals surface area contributed by atoms with E-state index in [1.807, 2.05) is 25.1 Å². The number of nitrogens with zero attached hydrogens (tertiary/aromatic N) is 1. The minimum Gasteiger partial charge on any atom is -0.491 e. The van der Waals surface area contributed by atoms with E-state index in [0.717, 1.165) is 23.4 Å². The number of hydrogen-bond acceptors (Lipinski definition) is 4. The largest absolute Gasteiger partial charge is 0.491 e. The van der Waals surface area contributed by atoms with Crippen LogP contribution in [0, 0.1) is 6.92 Å². The molecule has 0 aliphatic carbocycles. The maximum atomic E-state index is 13.3. The van der Waals surface area contributed by atoms with Crippen LogP contribution in [-0.4, -0.2) is 23.4 Å². The molecule has 9 heteroatoms. The fourth-order valence-electron chi connectivity index (χ4n) is 3.96. The van der Waals surface area contributed by atoms with Gasteiger partial charge in [-0.25, -0.2) is 0 Å². The van der Waals surface area contributed by atoms with E-state index in [-0.39, 0.29) is 11.5 Å². The molecule has 0 unspecified atom stereocenters. The van der Waals surface area contributed by atoms with E-state index in [4.69, 9.17) is 4.74 Å². The summed E-state index contributed by atoms with van der Waals surface area (Å²) < 4.78 is 44.9. The summed E-state index contributed by atoms with van der Waals surface area (Å²) in [6.07, 6.45) is -2.18. The number of aromatic nitrogens is 1. The highest BCUT2D eigenvalue weighted by molar-refractivity contribution is 6.09. The lowest BCUT2D eigenvalue weighted by molar-refractivity contribution is -0.137. The lowest BCUT2D eigenvalue weighted by Crippen LogP contribution is -2.15. The van der Waals surface area contributed by atoms with E-state index in [2.05, 4.69) is 15.6 Å². The average molecular weight is 534 g/mol. The molecule has 0 aliphatic heterocycles. The van der Waals surface area contributed by atoms with E-state index in [0.29, 0.717) is 41.3 Å². The van der Waals surface area contributed by atoms with Crippen molar-refractivity contribution in [2.24, 2.45) is 0 Å². The highest BCUT2D eigenvalue weighted by Gasteiger charge is 2.30. The first-order valence-corrected chi connectivity index (χ1v) is 12.1. The van der Waals surface area contributed by atoms with E-state index < -0.39 is 17.6 Å². The van der Waals surface area contributed by atoms with Crippen LogP contribution in [0.1, 0.15) is 34.1 Å². The second kappa shape index (κ2) is 11.8. The van der Waals surface area contributed by atoms with E-state index in [1.165, 1.54) is 19.1 Å². The number of hydrogen-bond donors (Lipinski definition) is 2. The number of halogens is 3. The fraction of sp³-hybridized carbons (Fsp3) is 0.167. The number of carbonyl (C=O) groups is 2. The third-order valence-corrected chi connectivity index (χ3v) is 5.83. The smallest absolute Gasteiger partial charge is 0.416 e. The van der Waals surface area contributed by atoms with Crippen LogP contribution >= 0.6 is 0 Å². The number of rotatable bonds is 8. The Morgan fingerprint density at radius 3 is 2.36 bits per heavy atom. The zero-order chi connectivity index (χ0) is 28.0. The molecule has 1 aromatic heterocycles. The van der Waals surface area contributed by atoms with E-state index in [1.54, 1.807) is 42.6 Å². The zero-order valence-corrected chi connectivity index (χ0v) is 21.3. The molecule has 1 heterocycles. The van der Waals surface area contributed by atoms with Crippen molar-refractivity contribution in [3.05, 3.63) is 107 Å². The van der Waals surface area contributed by atoms with Crippen molar-refractivity contribution in [2.75, 3.05) is 17.2 Å². The van der Waals surface area contributed by atoms with Crippen LogP contribution in [0.25, 0.3) is 11.1 Å². The Labute approximate surface area is 223 Å². The summed E-state index contributed by atoms with van der Waals surface area (Å²) in [5.74, 6) is -0.335. The van der Waals surface area contributed by atoms with Gasteiger partial charge in [-0.2, -0.15) is 13.2 Å². The molecule has 39 heavy (non-hydrogen) atoms. The van der Waals surface area contributed by atoms with Gasteiger partial charge >= 0.3 is 6.18 Å². The molecule has 0 aliphatic rings. The molecule has 4 aromatic rings. The quantitative estimate of drug-likeness (QED) is 0.258. The van der Waals surface area contributed by atoms with Gasteiger partial charge in [0.2, 0.25) is 5.91 Å². The SMILES string of the molecule is CC(=O)Nc1cc(NC(=O)c2ccc(C)cc2-c2ccc(C(F)(F)F)cc2)ccc1OCCc1ccccn1. The molecule has 0 saturated heterocycles. The van der Waals surface area contributed by atoms with E-state index >= 15 is 0 Å². The van der Waals surface area contributed by atoms with Crippen molar-refractivity contribution in [3.8, 4) is 16.9 Å². The Hall–Kier alpha value is -4.66. The molecule has 3 aromatic carbocycles. The first kappa shape index (κ1) is 27.4. The van der Waals surface area contributed by atoms with Gasteiger partial charge in [0, 0.05) is 36.5 Å². The maximum absolute atomic E-state index is 13.3. The summed E-state index contributed by atoms with van der Waals surface area (Å²) in [4.78, 5) is 29.3. The minimum absolute atomic E-state index is 0.289. The average Bonchev–Trinajstić information content (AvgIpc) is 2.89. The monoisotopic (exact) mass is 533 g/mol. The molecule has 0 bridgehead atoms. The number of aryl methyl sites for hydroxylation is 1. The van der Waals surface area contributed by atoms with Crippen molar-refractivity contribution in [1.82, 2.24) is 4.98 Å². The molecule has 200 valence electrons. The second-order valence-corrected chi connectivity index (χ2v) is 8.89. The van der Waals surface area contributed by atoms with Crippen LogP contribution in [0.5, 0.6) is 5.75 Å². The van der Waals surface area contributed by atoms with Gasteiger partial charge < -0.3 is 15.4 Å². The summed E-state index contributed by atoms with van der Waals surface area (Å²) in [7, 11) is 0. The van der Waals surface area contributed by atoms with E-state index in [9.17, 15) is 22.8 Å². The van der Waals surface area contributed by atoms with Gasteiger partial charge in [0.15, 0.2) is 0 Å². The molecule has 2 N–H and O–H groups in total. The van der Waals surface area contributed by atoms with Gasteiger partial charge in [-0.05, 0) is 66.6 Å². The number of benzene rings is 3. The zero-order valence-electron chi connectivity index (χ0n) is 21.3. The third kappa shape index (κ3) is 7.22. The Bertz CT molecular complexity index is 1470. The Kier molecular flexibility index (Phi) is 8.29. The Morgan fingerprint density at radius 1 is 0.923 bits per heavy atom. The van der Waals surface area contributed by atoms with Gasteiger partial charge in [-0.1, -0.05) is 35.9 Å². The standard InChI is InChI=1S/C30H26F3N3O3/c1-19-6-12-25(26(17-19)21-7-9-22(10-8-21)30(31,32)33)29(38)36-24-11-13-28(27(18-24)35-20(2)37)39-16-14-23-5-3-4-15-34-23/h3-13,15,17-18H,14,16H2,1-2H3,(H,35,37)(H,36,38). The molecule has 0 radical (unpaired) electrons. The topological polar surface area (TPSA) is 80.3 Å². The van der Waals surface area contributed by atoms with Crippen LogP contribution in [0.15, 0.2) is 85.1 Å². The van der Waals surface area contributed by atoms with Gasteiger partial charge in [0.1, 0.15) is 5.75 Å². The number of anilines is 2. The molecule has 0 saturated carbocycles. The second-order valence-electron chi connectivity index (χ2n) is 8.89. The molecule has 4 rings (SSSR count). The van der Waals surface area contributed by atoms with Crippen LogP contribution in [0.4, 0.5) is 24.5 Å². The molecule has 6 nitrogen and oxygen atoms in total. The minimum atomic E-state index is -4.45. The predicted octanol–water partition coefficient (Wildman–Crippen LogP) is 6.91. The van der Waals surface area contributed by atoms with Crippen molar-refractivity contribution in [3.63, 3.8) is 0 Å². The number of alkyl halides is 3. The van der Waals surface area contributed by atoms with Crippen molar-refractivity contribution in [2.45, 2.75) is 26.4 Å². The fourth-order valence-corrected chi connectivity index (χ4v) is 3.96. The van der Waals surface area contributed by atoms with Crippen molar-refractivity contribution in [1.29, 1.82) is 0 Å². The molecule has 0 fully saturated rings. The maximum Gasteiger partial charge on any atom is 0.416 e. The van der Waals surface area contributed by atoms with Gasteiger partial charge in [-0.15, -0.1) is 0 Å². The normalized spacial score (nSPS) is 11.1. The van der Waals surface area contributed by atoms with Crippen LogP contribution in [0.3, 0.4) is 0 Å². The summed E-state index contributed by atoms with van der Waals surface area (Å²) in [6, 6.07) is 20.3. The summed E-state index contributed by atoms with van der Waals surface area (Å²) >= 11 is 0. The number of ether oxygens (including phenoxy) is 1. The number of nitrogens with one attached hydrogen (secondary N) is 2. The third-order valence-electron chi connectivity index (χ3n) is 5.83. The van der Waals surface area contributed by atoms with Gasteiger partial charge in [0.05, 0.1) is 17.9 Å². The number of carbonyl (C=O) groups excluding carboxylic acids is 2. The van der Waals surface area contributed by atoms with Gasteiger partial charge in [-0.3, -0.25) is 14.6 Å². The Morgan fingerprint density at radius 2 is 1.69 bits per heavy atom. The lowest BCUT2D eigenvalue weighted by Gasteiger charge is -2.15. The molecule has 2 amide bonds. The number of amides is 2. The number of pyridine rings is 1. The van der Waals surface area contributed by atoms with Crippen LogP contribution in [-0.2, 0) is 17.4 Å². The van der Waals surface area contributed by atoms with Gasteiger partial charge in [0.25, 0.3) is 5.91 Å². The highest BCUT2D eigenvalue weighted by atomic mass is 19.4. The predicted molar refractivity (Wildman–Crippen MR) is 144 cm³/mol. The summed E-state index contributed by atoms with van der Waals surface area (Å²) in [5, 5.41) is 5.53. The van der Waals surface area contributed by atoms with Crippen molar-refractivity contribution >= 4 is 23.2 Å². The first-order chi connectivity index (χ1) is 18.6. The summed E-state index contributed by atoms with van der Waals surface area (Å²) in [6.45, 7) is 3.53. The first-order valence-electron chi connectivity index (χ1n) is 12.1. The molecular formula is C30H26F3N3O3. The van der Waals surface area contributed by atoms with Crippen LogP contribution in [0.2, 0.25) is 0 Å². The van der Waals surface area contributed by atoms with Crippen LogP contribution < -0.4 is 15.4 Å². The Balaban J connectivity index is 1.55. The van der Waals surface area contributed by atoms with Crippen molar-refractivity contribution < 1.29 is 27.5 Å². The molecule has 0 atom stereocenters. The molecule has 0 spiro atoms. The highest BCUT2D eigenvalue weighted by Crippen LogP contribution is 2.33. The lowest BCUT2D eigenvalue weighted by atomic mass is 9.96. The molecular weight excluding hydrogens is 507 g/mol.